The number of fused-ring (bicyclic) bond motifs is 1. The molecule has 0 unspecified atom stereocenters. The molecule has 0 radical (unpaired) electrons. The summed E-state index contributed by atoms with van der Waals surface area (Å²) in [6.07, 6.45) is 0.837. The molecule has 1 amide bonds. The van der Waals surface area contributed by atoms with Gasteiger partial charge in [0, 0.05) is 29.7 Å². The van der Waals surface area contributed by atoms with Crippen LogP contribution in [-0.4, -0.2) is 43.1 Å². The first-order valence-corrected chi connectivity index (χ1v) is 14.9. The van der Waals surface area contributed by atoms with Gasteiger partial charge in [-0.3, -0.25) is 19.3 Å². The highest BCUT2D eigenvalue weighted by molar-refractivity contribution is 6.07. The number of hydrogen-bond donors (Lipinski definition) is 2. The monoisotopic (exact) mass is 598 g/mol. The second-order valence-corrected chi connectivity index (χ2v) is 11.1. The molecule has 9 heteroatoms. The molecule has 0 fully saturated rings. The van der Waals surface area contributed by atoms with Gasteiger partial charge in [-0.1, -0.05) is 43.3 Å². The topological polar surface area (TPSA) is 114 Å². The Morgan fingerprint density at radius 2 is 1.68 bits per heavy atom. The van der Waals surface area contributed by atoms with Crippen molar-refractivity contribution in [1.82, 2.24) is 0 Å². The first-order valence-electron chi connectivity index (χ1n) is 14.9. The van der Waals surface area contributed by atoms with Gasteiger partial charge >= 0.3 is 5.97 Å². The van der Waals surface area contributed by atoms with E-state index in [1.807, 2.05) is 80.6 Å². The zero-order valence-corrected chi connectivity index (χ0v) is 25.5. The molecule has 9 nitrogen and oxygen atoms in total. The van der Waals surface area contributed by atoms with Gasteiger partial charge in [0.2, 0.25) is 5.91 Å². The van der Waals surface area contributed by atoms with Crippen LogP contribution in [0.5, 0.6) is 17.2 Å². The van der Waals surface area contributed by atoms with E-state index in [1.54, 1.807) is 19.1 Å². The second-order valence-electron chi connectivity index (χ2n) is 11.1. The fraction of sp³-hybridized carbons (Fsp3) is 0.343. The zero-order valence-electron chi connectivity index (χ0n) is 25.5. The van der Waals surface area contributed by atoms with E-state index in [9.17, 15) is 19.5 Å². The maximum Gasteiger partial charge on any atom is 0.303 e. The van der Waals surface area contributed by atoms with E-state index in [1.165, 1.54) is 0 Å². The minimum Gasteiger partial charge on any atom is -0.493 e. The zero-order chi connectivity index (χ0) is 31.4. The van der Waals surface area contributed by atoms with E-state index in [2.05, 4.69) is 5.32 Å². The maximum atomic E-state index is 14.4. The summed E-state index contributed by atoms with van der Waals surface area (Å²) in [5.41, 5.74) is 4.02. The van der Waals surface area contributed by atoms with Crippen LogP contribution in [0.3, 0.4) is 0 Å². The van der Waals surface area contributed by atoms with Crippen molar-refractivity contribution in [3.63, 3.8) is 0 Å². The molecule has 0 bridgehead atoms. The molecule has 230 valence electrons. The van der Waals surface area contributed by atoms with Crippen molar-refractivity contribution < 1.29 is 33.7 Å². The van der Waals surface area contributed by atoms with Crippen molar-refractivity contribution in [2.75, 3.05) is 24.4 Å². The van der Waals surface area contributed by atoms with E-state index < -0.39 is 17.9 Å². The van der Waals surface area contributed by atoms with E-state index in [-0.39, 0.29) is 37.1 Å². The summed E-state index contributed by atoms with van der Waals surface area (Å²) in [5, 5.41) is 12.9. The Hall–Kier alpha value is -4.79. The number of rotatable bonds is 10. The van der Waals surface area contributed by atoms with E-state index in [0.29, 0.717) is 51.9 Å². The van der Waals surface area contributed by atoms with Crippen LogP contribution in [0, 0.1) is 0 Å². The lowest BCUT2D eigenvalue weighted by atomic mass is 9.78. The number of hydrogen-bond acceptors (Lipinski definition) is 7. The number of carboxylic acid groups (broad SMARTS) is 1. The molecule has 3 aromatic rings. The highest BCUT2D eigenvalue weighted by Gasteiger charge is 2.42. The minimum absolute atomic E-state index is 0.103. The lowest BCUT2D eigenvalue weighted by molar-refractivity contribution is -0.138. The maximum absolute atomic E-state index is 14.4. The highest BCUT2D eigenvalue weighted by Crippen LogP contribution is 2.49. The number of methoxy groups -OCH3 is 2. The van der Waals surface area contributed by atoms with E-state index >= 15 is 0 Å². The number of carboxylic acids is 1. The van der Waals surface area contributed by atoms with Gasteiger partial charge < -0.3 is 24.6 Å². The van der Waals surface area contributed by atoms with E-state index in [0.717, 1.165) is 12.0 Å². The largest absolute Gasteiger partial charge is 0.493 e. The number of para-hydroxylation sites is 3. The summed E-state index contributed by atoms with van der Waals surface area (Å²) in [7, 11) is 3.16. The molecule has 0 saturated heterocycles. The molecule has 2 aliphatic rings. The Labute approximate surface area is 257 Å². The van der Waals surface area contributed by atoms with Gasteiger partial charge in [-0.15, -0.1) is 0 Å². The quantitative estimate of drug-likeness (QED) is 0.267. The number of ketones is 1. The van der Waals surface area contributed by atoms with Gasteiger partial charge in [0.1, 0.15) is 5.75 Å². The molecule has 5 rings (SSSR count). The fourth-order valence-electron chi connectivity index (χ4n) is 5.95. The van der Waals surface area contributed by atoms with Gasteiger partial charge in [0.05, 0.1) is 44.2 Å². The summed E-state index contributed by atoms with van der Waals surface area (Å²) in [5.74, 6) is 0.0439. The summed E-state index contributed by atoms with van der Waals surface area (Å²) >= 11 is 0. The third kappa shape index (κ3) is 6.13. The van der Waals surface area contributed by atoms with Crippen molar-refractivity contribution in [2.45, 2.75) is 64.0 Å². The number of carbonyl (C=O) groups is 3. The number of benzene rings is 3. The van der Waals surface area contributed by atoms with Crippen molar-refractivity contribution in [1.29, 1.82) is 0 Å². The van der Waals surface area contributed by atoms with Crippen LogP contribution >= 0.6 is 0 Å². The van der Waals surface area contributed by atoms with Crippen LogP contribution in [0.2, 0.25) is 0 Å². The number of allylic oxidation sites excluding steroid dienone is 1. The number of anilines is 2. The first-order chi connectivity index (χ1) is 21.2. The third-order valence-electron chi connectivity index (χ3n) is 8.31. The summed E-state index contributed by atoms with van der Waals surface area (Å²) in [6, 6.07) is 19.7. The summed E-state index contributed by atoms with van der Waals surface area (Å²) < 4.78 is 17.3. The first kappa shape index (κ1) is 30.7. The fourth-order valence-corrected chi connectivity index (χ4v) is 5.95. The molecule has 3 atom stereocenters. The number of amides is 1. The smallest absolute Gasteiger partial charge is 0.303 e. The average Bonchev–Trinajstić information content (AvgIpc) is 3.18. The Kier molecular flexibility index (Phi) is 9.23. The van der Waals surface area contributed by atoms with Crippen LogP contribution in [0.25, 0.3) is 0 Å². The van der Waals surface area contributed by atoms with Crippen LogP contribution in [0.4, 0.5) is 11.4 Å². The minimum atomic E-state index is -1.07. The van der Waals surface area contributed by atoms with Crippen molar-refractivity contribution in [3.05, 3.63) is 89.1 Å². The molecule has 2 N–H and O–H groups in total. The second kappa shape index (κ2) is 13.2. The Morgan fingerprint density at radius 3 is 2.41 bits per heavy atom. The number of aliphatic carboxylic acids is 1. The lowest BCUT2D eigenvalue weighted by Gasteiger charge is -2.36. The van der Waals surface area contributed by atoms with Gasteiger partial charge in [-0.2, -0.15) is 0 Å². The standard InChI is InChI=1S/C35H38N2O7/c1-5-21(2)44-29-13-9-6-10-24(29)35-34-26(18-23(19-28(34)38)22-14-15-30(42-3)31(20-22)43-4)36-25-11-7-8-12-27(25)37(35)32(39)16-17-33(40)41/h6-15,20-21,23,35-36H,5,16-19H2,1-4H3,(H,40,41)/t21-,23+,35-/m1/s1. The number of Topliss-reactive ketones (excluding diaryl/α,β-unsaturated/α-hetero) is 1. The predicted octanol–water partition coefficient (Wildman–Crippen LogP) is 6.65. The molecule has 0 aromatic heterocycles. The van der Waals surface area contributed by atoms with Crippen molar-refractivity contribution in [2.24, 2.45) is 0 Å². The molecule has 44 heavy (non-hydrogen) atoms. The summed E-state index contributed by atoms with van der Waals surface area (Å²) in [4.78, 5) is 41.5. The van der Waals surface area contributed by atoms with Crippen molar-refractivity contribution >= 4 is 29.0 Å². The number of carbonyl (C=O) groups excluding carboxylic acids is 2. The Bertz CT molecular complexity index is 1600. The average molecular weight is 599 g/mol. The molecular formula is C35H38N2O7. The Balaban J connectivity index is 1.69. The number of nitrogens with zero attached hydrogens (tertiary/aromatic N) is 1. The van der Waals surface area contributed by atoms with E-state index in [4.69, 9.17) is 14.2 Å². The molecule has 0 spiro atoms. The van der Waals surface area contributed by atoms with Gasteiger partial charge in [0.15, 0.2) is 17.3 Å². The number of ether oxygens (including phenoxy) is 3. The summed E-state index contributed by atoms with van der Waals surface area (Å²) in [6.45, 7) is 4.00. The van der Waals surface area contributed by atoms with Crippen LogP contribution in [0.15, 0.2) is 78.0 Å². The third-order valence-corrected chi connectivity index (χ3v) is 8.31. The van der Waals surface area contributed by atoms with Crippen LogP contribution in [0.1, 0.15) is 69.0 Å². The molecular weight excluding hydrogens is 560 g/mol. The van der Waals surface area contributed by atoms with Crippen LogP contribution < -0.4 is 24.4 Å². The van der Waals surface area contributed by atoms with Gasteiger partial charge in [-0.25, -0.2) is 0 Å². The van der Waals surface area contributed by atoms with Gasteiger partial charge in [-0.05, 0) is 61.6 Å². The molecule has 0 saturated carbocycles. The molecule has 1 aliphatic carbocycles. The predicted molar refractivity (Wildman–Crippen MR) is 168 cm³/mol. The normalized spacial score (nSPS) is 18.4. The SMILES string of the molecule is CC[C@@H](C)Oc1ccccc1[C@@H]1C2=C(C[C@H](c3ccc(OC)c(OC)c3)CC2=O)Nc2ccccc2N1C(=O)CCC(=O)O. The molecule has 1 aliphatic heterocycles. The molecule has 1 heterocycles. The molecule has 3 aromatic carbocycles. The Morgan fingerprint density at radius 1 is 0.955 bits per heavy atom. The van der Waals surface area contributed by atoms with Gasteiger partial charge in [0.25, 0.3) is 0 Å². The number of nitrogens with one attached hydrogen (secondary N) is 1. The highest BCUT2D eigenvalue weighted by atomic mass is 16.5. The van der Waals surface area contributed by atoms with Crippen LogP contribution in [-0.2, 0) is 14.4 Å². The lowest BCUT2D eigenvalue weighted by Crippen LogP contribution is -2.39. The van der Waals surface area contributed by atoms with Crippen molar-refractivity contribution in [3.8, 4) is 17.2 Å².